The highest BCUT2D eigenvalue weighted by molar-refractivity contribution is 5.33. The molecule has 1 aromatic carbocycles. The molecule has 1 aromatic rings. The Bertz CT molecular complexity index is 410. The van der Waals surface area contributed by atoms with E-state index in [1.54, 1.807) is 0 Å². The van der Waals surface area contributed by atoms with Crippen LogP contribution in [0.5, 0.6) is 5.75 Å². The third-order valence-electron chi connectivity index (χ3n) is 4.67. The Morgan fingerprint density at radius 2 is 1.74 bits per heavy atom. The molecule has 1 atom stereocenters. The first kappa shape index (κ1) is 14.4. The summed E-state index contributed by atoms with van der Waals surface area (Å²) in [7, 11) is 0. The van der Waals surface area contributed by atoms with E-state index in [0.717, 1.165) is 25.2 Å². The van der Waals surface area contributed by atoms with Crippen LogP contribution in [0.3, 0.4) is 0 Å². The Balaban J connectivity index is 2.20. The van der Waals surface area contributed by atoms with E-state index in [2.05, 4.69) is 45.0 Å². The van der Waals surface area contributed by atoms with Crippen molar-refractivity contribution in [1.29, 1.82) is 0 Å². The molecular formula is C17H27NO. The van der Waals surface area contributed by atoms with Gasteiger partial charge in [0.1, 0.15) is 5.75 Å². The molecule has 0 bridgehead atoms. The minimum Gasteiger partial charge on any atom is -0.494 e. The van der Waals surface area contributed by atoms with Crippen LogP contribution in [0.15, 0.2) is 24.3 Å². The molecule has 0 aliphatic heterocycles. The lowest BCUT2D eigenvalue weighted by Crippen LogP contribution is -2.51. The molecule has 1 fully saturated rings. The van der Waals surface area contributed by atoms with Gasteiger partial charge in [0, 0.05) is 5.54 Å². The summed E-state index contributed by atoms with van der Waals surface area (Å²) in [6.45, 7) is 7.49. The molecule has 1 unspecified atom stereocenters. The highest BCUT2D eigenvalue weighted by Gasteiger charge is 2.44. The maximum atomic E-state index is 6.77. The molecule has 2 N–H and O–H groups in total. The Morgan fingerprint density at radius 3 is 2.32 bits per heavy atom. The number of hydrogen-bond donors (Lipinski definition) is 1. The fourth-order valence-corrected chi connectivity index (χ4v) is 3.14. The molecule has 0 radical (unpaired) electrons. The number of hydrogen-bond acceptors (Lipinski definition) is 2. The summed E-state index contributed by atoms with van der Waals surface area (Å²) in [5.74, 6) is 0.947. The van der Waals surface area contributed by atoms with E-state index in [1.165, 1.54) is 24.8 Å². The van der Waals surface area contributed by atoms with E-state index < -0.39 is 0 Å². The van der Waals surface area contributed by atoms with Crippen LogP contribution in [0.1, 0.15) is 58.4 Å². The normalized spacial score (nSPS) is 26.1. The molecule has 2 heteroatoms. The van der Waals surface area contributed by atoms with Gasteiger partial charge < -0.3 is 10.5 Å². The fourth-order valence-electron chi connectivity index (χ4n) is 3.14. The molecule has 106 valence electrons. The molecule has 2 nitrogen and oxygen atoms in total. The molecule has 2 rings (SSSR count). The third kappa shape index (κ3) is 2.79. The van der Waals surface area contributed by atoms with Crippen molar-refractivity contribution in [1.82, 2.24) is 0 Å². The highest BCUT2D eigenvalue weighted by Crippen LogP contribution is 2.48. The van der Waals surface area contributed by atoms with Crippen LogP contribution in [0, 0.1) is 5.41 Å². The van der Waals surface area contributed by atoms with E-state index in [9.17, 15) is 0 Å². The van der Waals surface area contributed by atoms with E-state index >= 15 is 0 Å². The van der Waals surface area contributed by atoms with E-state index in [0.29, 0.717) is 0 Å². The second kappa shape index (κ2) is 5.54. The van der Waals surface area contributed by atoms with Gasteiger partial charge in [0.25, 0.3) is 0 Å². The van der Waals surface area contributed by atoms with Crippen LogP contribution in [-0.2, 0) is 5.54 Å². The van der Waals surface area contributed by atoms with Crippen molar-refractivity contribution in [2.75, 3.05) is 6.61 Å². The number of nitrogens with two attached hydrogens (primary N) is 1. The van der Waals surface area contributed by atoms with Gasteiger partial charge in [0.15, 0.2) is 0 Å². The van der Waals surface area contributed by atoms with E-state index in [4.69, 9.17) is 10.5 Å². The van der Waals surface area contributed by atoms with Gasteiger partial charge in [-0.15, -0.1) is 0 Å². The van der Waals surface area contributed by atoms with Gasteiger partial charge in [0.05, 0.1) is 6.61 Å². The second-order valence-electron chi connectivity index (χ2n) is 6.44. The van der Waals surface area contributed by atoms with Gasteiger partial charge in [-0.1, -0.05) is 45.7 Å². The molecule has 0 amide bonds. The van der Waals surface area contributed by atoms with Crippen LogP contribution >= 0.6 is 0 Å². The fraction of sp³-hybridized carbons (Fsp3) is 0.647. The standard InChI is InChI=1S/C17H27NO/c1-4-13-19-15-9-7-14(8-10-15)17(18)12-6-5-11-16(17,2)3/h7-10H,4-6,11-13,18H2,1-3H3. The van der Waals surface area contributed by atoms with Gasteiger partial charge in [0.2, 0.25) is 0 Å². The van der Waals surface area contributed by atoms with Crippen molar-refractivity contribution in [3.63, 3.8) is 0 Å². The first-order valence-electron chi connectivity index (χ1n) is 7.52. The quantitative estimate of drug-likeness (QED) is 0.880. The van der Waals surface area contributed by atoms with Crippen LogP contribution < -0.4 is 10.5 Å². The summed E-state index contributed by atoms with van der Waals surface area (Å²) in [6, 6.07) is 8.42. The smallest absolute Gasteiger partial charge is 0.119 e. The summed E-state index contributed by atoms with van der Waals surface area (Å²) >= 11 is 0. The molecular weight excluding hydrogens is 234 g/mol. The molecule has 19 heavy (non-hydrogen) atoms. The van der Waals surface area contributed by atoms with Crippen molar-refractivity contribution in [2.45, 2.75) is 58.4 Å². The van der Waals surface area contributed by atoms with Crippen molar-refractivity contribution in [2.24, 2.45) is 11.1 Å². The van der Waals surface area contributed by atoms with E-state index in [1.807, 2.05) is 0 Å². The largest absolute Gasteiger partial charge is 0.494 e. The molecule has 1 aliphatic rings. The Hall–Kier alpha value is -1.02. The molecule has 0 heterocycles. The van der Waals surface area contributed by atoms with Crippen molar-refractivity contribution < 1.29 is 4.74 Å². The van der Waals surface area contributed by atoms with Crippen LogP contribution in [0.2, 0.25) is 0 Å². The summed E-state index contributed by atoms with van der Waals surface area (Å²) < 4.78 is 5.64. The Morgan fingerprint density at radius 1 is 1.11 bits per heavy atom. The third-order valence-corrected chi connectivity index (χ3v) is 4.67. The summed E-state index contributed by atoms with van der Waals surface area (Å²) in [5, 5.41) is 0. The Labute approximate surface area is 117 Å². The molecule has 0 saturated heterocycles. The summed E-state index contributed by atoms with van der Waals surface area (Å²) in [5.41, 5.74) is 7.98. The summed E-state index contributed by atoms with van der Waals surface area (Å²) in [6.07, 6.45) is 5.85. The number of benzene rings is 1. The predicted molar refractivity (Wildman–Crippen MR) is 80.3 cm³/mol. The van der Waals surface area contributed by atoms with Crippen molar-refractivity contribution >= 4 is 0 Å². The first-order valence-corrected chi connectivity index (χ1v) is 7.52. The minimum absolute atomic E-state index is 0.164. The highest BCUT2D eigenvalue weighted by atomic mass is 16.5. The maximum Gasteiger partial charge on any atom is 0.119 e. The second-order valence-corrected chi connectivity index (χ2v) is 6.44. The monoisotopic (exact) mass is 261 g/mol. The molecule has 0 spiro atoms. The number of rotatable bonds is 4. The zero-order valence-electron chi connectivity index (χ0n) is 12.5. The van der Waals surface area contributed by atoms with Crippen molar-refractivity contribution in [3.8, 4) is 5.75 Å². The maximum absolute atomic E-state index is 6.77. The SMILES string of the molecule is CCCOc1ccc(C2(N)CCCCC2(C)C)cc1. The zero-order chi connectivity index (χ0) is 13.9. The van der Waals surface area contributed by atoms with Gasteiger partial charge in [-0.2, -0.15) is 0 Å². The number of ether oxygens (including phenoxy) is 1. The Kier molecular flexibility index (Phi) is 4.19. The minimum atomic E-state index is -0.200. The van der Waals surface area contributed by atoms with Crippen LogP contribution in [0.25, 0.3) is 0 Å². The lowest BCUT2D eigenvalue weighted by molar-refractivity contribution is 0.0978. The molecule has 0 aromatic heterocycles. The zero-order valence-corrected chi connectivity index (χ0v) is 12.5. The van der Waals surface area contributed by atoms with Gasteiger partial charge in [-0.25, -0.2) is 0 Å². The van der Waals surface area contributed by atoms with Gasteiger partial charge >= 0.3 is 0 Å². The predicted octanol–water partition coefficient (Wildman–Crippen LogP) is 4.23. The summed E-state index contributed by atoms with van der Waals surface area (Å²) in [4.78, 5) is 0. The average molecular weight is 261 g/mol. The average Bonchev–Trinajstić information content (AvgIpc) is 2.40. The topological polar surface area (TPSA) is 35.2 Å². The van der Waals surface area contributed by atoms with Gasteiger partial charge in [-0.3, -0.25) is 0 Å². The lowest BCUT2D eigenvalue weighted by atomic mass is 9.61. The van der Waals surface area contributed by atoms with E-state index in [-0.39, 0.29) is 11.0 Å². The lowest BCUT2D eigenvalue weighted by Gasteiger charge is -2.48. The van der Waals surface area contributed by atoms with Crippen LogP contribution in [0.4, 0.5) is 0 Å². The molecule has 1 aliphatic carbocycles. The van der Waals surface area contributed by atoms with Gasteiger partial charge in [-0.05, 0) is 42.4 Å². The molecule has 1 saturated carbocycles. The first-order chi connectivity index (χ1) is 8.99. The van der Waals surface area contributed by atoms with Crippen molar-refractivity contribution in [3.05, 3.63) is 29.8 Å². The van der Waals surface area contributed by atoms with Crippen LogP contribution in [-0.4, -0.2) is 6.61 Å².